The molecule has 37 atom stereocenters. The monoisotopic (exact) mass is 1360 g/mol. The van der Waals surface area contributed by atoms with Crippen LogP contribution in [0.5, 0.6) is 0 Å². The zero-order chi connectivity index (χ0) is 68.6. The number of ether oxygens (including phenoxy) is 12. The van der Waals surface area contributed by atoms with E-state index in [1.165, 1.54) is 0 Å². The Morgan fingerprint density at radius 2 is 0.989 bits per heavy atom. The van der Waals surface area contributed by atoms with E-state index >= 15 is 0 Å². The molecule has 4 aliphatic carbocycles. The number of aliphatic hydroxyl groups is 18. The van der Waals surface area contributed by atoms with E-state index in [1.54, 1.807) is 0 Å². The Morgan fingerprint density at radius 3 is 1.56 bits per heavy atom. The van der Waals surface area contributed by atoms with Gasteiger partial charge in [-0.25, -0.2) is 0 Å². The first kappa shape index (κ1) is 75.2. The number of hydrogen-bond donors (Lipinski definition) is 18. The van der Waals surface area contributed by atoms with Crippen LogP contribution in [0.15, 0.2) is 11.6 Å². The largest absolute Gasteiger partial charge is 0.394 e. The van der Waals surface area contributed by atoms with Crippen LogP contribution in [0.4, 0.5) is 0 Å². The molecule has 4 saturated carbocycles. The smallest absolute Gasteiger partial charge is 0.187 e. The lowest BCUT2D eigenvalue weighted by atomic mass is 9.35. The molecular weight excluding hydrogens is 1250 g/mol. The van der Waals surface area contributed by atoms with Crippen molar-refractivity contribution in [3.63, 3.8) is 0 Å². The summed E-state index contributed by atoms with van der Waals surface area (Å²) in [4.78, 5) is 0. The van der Waals surface area contributed by atoms with Gasteiger partial charge in [0.05, 0.1) is 64.1 Å². The topological polar surface area (TPSA) is 475 Å². The van der Waals surface area contributed by atoms with Crippen molar-refractivity contribution < 1.29 is 149 Å². The van der Waals surface area contributed by atoms with E-state index in [4.69, 9.17) is 56.8 Å². The molecule has 0 radical (unpaired) electrons. The van der Waals surface area contributed by atoms with E-state index in [9.17, 15) is 91.9 Å². The maximum absolute atomic E-state index is 13.0. The summed E-state index contributed by atoms with van der Waals surface area (Å²) in [6.45, 7) is 13.8. The molecule has 0 aromatic heterocycles. The number of aliphatic hydroxyl groups excluding tert-OH is 18. The summed E-state index contributed by atoms with van der Waals surface area (Å²) in [7, 11) is 0. The fourth-order valence-electron chi connectivity index (χ4n) is 18.5. The molecule has 0 spiro atoms. The predicted molar refractivity (Wildman–Crippen MR) is 318 cm³/mol. The summed E-state index contributed by atoms with van der Waals surface area (Å²) in [5.74, 6) is -0.457. The van der Waals surface area contributed by atoms with Crippen molar-refractivity contribution in [1.29, 1.82) is 0 Å². The fourth-order valence-corrected chi connectivity index (χ4v) is 18.5. The summed E-state index contributed by atoms with van der Waals surface area (Å²) < 4.78 is 72.4. The molecule has 10 fully saturated rings. The van der Waals surface area contributed by atoms with Crippen LogP contribution in [0.3, 0.4) is 0 Å². The molecule has 0 amide bonds. The van der Waals surface area contributed by atoms with Crippen molar-refractivity contribution in [2.24, 2.45) is 45.3 Å². The summed E-state index contributed by atoms with van der Waals surface area (Å²) in [6, 6.07) is 0. The van der Waals surface area contributed by atoms with Gasteiger partial charge in [0.25, 0.3) is 0 Å². The molecule has 0 bridgehead atoms. The number of rotatable bonds is 20. The number of allylic oxidation sites excluding steroid dienone is 2. The highest BCUT2D eigenvalue weighted by molar-refractivity contribution is 5.21. The van der Waals surface area contributed by atoms with E-state index in [0.29, 0.717) is 38.5 Å². The highest BCUT2D eigenvalue weighted by Crippen LogP contribution is 2.76. The minimum Gasteiger partial charge on any atom is -0.394 e. The van der Waals surface area contributed by atoms with E-state index in [-0.39, 0.29) is 54.3 Å². The molecule has 0 aromatic carbocycles. The Balaban J connectivity index is 0.820. The van der Waals surface area contributed by atoms with Crippen molar-refractivity contribution in [1.82, 2.24) is 0 Å². The molecule has 18 N–H and O–H groups in total. The summed E-state index contributed by atoms with van der Waals surface area (Å²) >= 11 is 0. The van der Waals surface area contributed by atoms with Crippen molar-refractivity contribution >= 4 is 0 Å². The summed E-state index contributed by atoms with van der Waals surface area (Å²) in [5.41, 5.74) is -1.57. The Labute approximate surface area is 547 Å². The van der Waals surface area contributed by atoms with E-state index in [0.717, 1.165) is 24.8 Å². The molecule has 94 heavy (non-hydrogen) atoms. The van der Waals surface area contributed by atoms with Crippen LogP contribution in [0, 0.1) is 45.3 Å². The average Bonchev–Trinajstić information content (AvgIpc) is 1.31. The summed E-state index contributed by atoms with van der Waals surface area (Å²) in [6.07, 6.45) is -36.7. The van der Waals surface area contributed by atoms with Crippen LogP contribution in [-0.2, 0) is 56.8 Å². The Bertz CT molecular complexity index is 2500. The second-order valence-electron chi connectivity index (χ2n) is 30.4. The predicted octanol–water partition coefficient (Wildman–Crippen LogP) is -4.59. The maximum atomic E-state index is 13.0. The lowest BCUT2D eigenvalue weighted by Crippen LogP contribution is -2.68. The highest BCUT2D eigenvalue weighted by atomic mass is 16.8. The Hall–Kier alpha value is -1.46. The molecule has 30 nitrogen and oxygen atoms in total. The quantitative estimate of drug-likeness (QED) is 0.0403. The van der Waals surface area contributed by atoms with Gasteiger partial charge in [0.15, 0.2) is 31.5 Å². The van der Waals surface area contributed by atoms with Crippen molar-refractivity contribution in [3.05, 3.63) is 11.6 Å². The zero-order valence-corrected chi connectivity index (χ0v) is 54.9. The van der Waals surface area contributed by atoms with Crippen LogP contribution in [0.1, 0.15) is 113 Å². The molecule has 10 rings (SSSR count). The normalized spacial score (nSPS) is 52.8. The first-order valence-corrected chi connectivity index (χ1v) is 33.6. The zero-order valence-electron chi connectivity index (χ0n) is 54.9. The van der Waals surface area contributed by atoms with Crippen LogP contribution in [0.25, 0.3) is 0 Å². The first-order chi connectivity index (χ1) is 44.2. The lowest BCUT2D eigenvalue weighted by Gasteiger charge is -2.71. The average molecular weight is 1360 g/mol. The Kier molecular flexibility index (Phi) is 23.6. The van der Waals surface area contributed by atoms with Crippen molar-refractivity contribution in [2.75, 3.05) is 46.2 Å². The van der Waals surface area contributed by atoms with Crippen LogP contribution in [-0.4, -0.2) is 322 Å². The molecule has 544 valence electrons. The number of fused-ring (bicyclic) bond motifs is 5. The van der Waals surface area contributed by atoms with Crippen molar-refractivity contribution in [3.8, 4) is 0 Å². The standard InChI is InChI=1S/C64H108O30/c1-26(2)10-9-14-64(8,87-25-35-45(75)47(77)44(74)33(88-35)23-85-55-52(82)46(76)34(24-86-55)91-56-50(80)40(70)29(68)21-83-56)27-11-16-63(7)39(27)28(67)18-37-61(5)15-13-38(60(3,4)36(61)12-17-62(37,63)6)92-58-53(48(78)42(72)31(19-65)89-58)94-59-54(49(79)43(73)32(20-66)90-59)93-57-51(81)41(71)30(69)22-84-57/h10,27-59,65-82H,9,11-25H2,1-8H3/t27-,28+,29+,30+,31+,32+,33+,34+,35-,36+,37+,38-,39-,40-,41-,42+,43+,44+,45-,46-,47-,48-,49-,50+,51+,52+,53+,54+,55+,56-,57-,58-,59-,61-,62+,63+,64-/m0/s1. The third-order valence-corrected chi connectivity index (χ3v) is 24.3. The van der Waals surface area contributed by atoms with E-state index in [1.807, 2.05) is 20.8 Å². The van der Waals surface area contributed by atoms with Gasteiger partial charge in [-0.2, -0.15) is 0 Å². The highest BCUT2D eigenvalue weighted by Gasteiger charge is 2.72. The third kappa shape index (κ3) is 13.9. The van der Waals surface area contributed by atoms with Gasteiger partial charge in [0.2, 0.25) is 0 Å². The van der Waals surface area contributed by atoms with E-state index in [2.05, 4.69) is 40.7 Å². The van der Waals surface area contributed by atoms with Gasteiger partial charge >= 0.3 is 0 Å². The van der Waals surface area contributed by atoms with Gasteiger partial charge in [-0.3, -0.25) is 0 Å². The van der Waals surface area contributed by atoms with Gasteiger partial charge in [-0.05, 0) is 124 Å². The van der Waals surface area contributed by atoms with Crippen LogP contribution in [0.2, 0.25) is 0 Å². The molecule has 6 saturated heterocycles. The molecule has 10 aliphatic rings. The molecule has 6 heterocycles. The minimum atomic E-state index is -1.89. The van der Waals surface area contributed by atoms with E-state index < -0.39 is 221 Å². The number of hydrogen-bond acceptors (Lipinski definition) is 30. The second kappa shape index (κ2) is 29.5. The molecule has 0 aromatic rings. The van der Waals surface area contributed by atoms with Gasteiger partial charge in [0, 0.05) is 0 Å². The van der Waals surface area contributed by atoms with Crippen molar-refractivity contribution in [2.45, 2.75) is 297 Å². The van der Waals surface area contributed by atoms with Gasteiger partial charge in [0.1, 0.15) is 134 Å². The summed E-state index contributed by atoms with van der Waals surface area (Å²) in [5, 5.41) is 196. The lowest BCUT2D eigenvalue weighted by molar-refractivity contribution is -0.395. The minimum absolute atomic E-state index is 0.00857. The van der Waals surface area contributed by atoms with Crippen LogP contribution >= 0.6 is 0 Å². The molecular formula is C64H108O30. The van der Waals surface area contributed by atoms with Gasteiger partial charge < -0.3 is 149 Å². The van der Waals surface area contributed by atoms with Crippen LogP contribution < -0.4 is 0 Å². The maximum Gasteiger partial charge on any atom is 0.187 e. The Morgan fingerprint density at radius 1 is 0.479 bits per heavy atom. The molecule has 6 aliphatic heterocycles. The second-order valence-corrected chi connectivity index (χ2v) is 30.4. The fraction of sp³-hybridized carbons (Fsp3) is 0.969. The first-order valence-electron chi connectivity index (χ1n) is 33.6. The third-order valence-electron chi connectivity index (χ3n) is 24.3. The molecule has 30 heteroatoms. The van der Waals surface area contributed by atoms with Gasteiger partial charge in [-0.1, -0.05) is 46.3 Å². The SMILES string of the molecule is CC(C)=CCC[C@](C)(OC[C@@H]1O[C@H](CO[C@@H]2OC[C@@H](O[C@@H]3OC[C@@H](O)[C@H](O)[C@H]3O)[C@H](O)[C@H]2O)[C@@H](O)[C@H](O)[C@H]1O)[C@H]1CC[C@]2(C)[C@@H]1[C@H](O)C[C@@H]1[C@@]3(C)CC[C@H](O[C@@H]4O[C@H](CO)[C@@H](O)[C@H](O)[C@H]4O[C@@H]4O[C@H](CO)[C@@H](O)[C@H](O)[C@H]4O[C@@H]4OC[C@@H](O)[C@H](O)[C@H]4O)C(C)(C)[C@H]3CC[C@]12C. The van der Waals surface area contributed by atoms with Gasteiger partial charge in [-0.15, -0.1) is 0 Å². The molecule has 0 unspecified atom stereocenters.